The predicted molar refractivity (Wildman–Crippen MR) is 142 cm³/mol. The van der Waals surface area contributed by atoms with Crippen LogP contribution in [0.2, 0.25) is 5.02 Å². The summed E-state index contributed by atoms with van der Waals surface area (Å²) in [5.74, 6) is 1.36. The summed E-state index contributed by atoms with van der Waals surface area (Å²) in [4.78, 5) is 17.3. The first-order valence-corrected chi connectivity index (χ1v) is 12.9. The molecule has 0 radical (unpaired) electrons. The predicted octanol–water partition coefficient (Wildman–Crippen LogP) is 6.59. The normalized spacial score (nSPS) is 23.4. The molecule has 1 saturated heterocycles. The van der Waals surface area contributed by atoms with E-state index in [1.807, 2.05) is 6.07 Å². The van der Waals surface area contributed by atoms with Gasteiger partial charge >= 0.3 is 12.2 Å². The number of likely N-dealkylation sites (N-methyl/N-ethyl adjacent to an activating group) is 1. The zero-order valence-electron chi connectivity index (χ0n) is 21.8. The average Bonchev–Trinajstić information content (AvgIpc) is 3.23. The number of halogens is 4. The van der Waals surface area contributed by atoms with Gasteiger partial charge in [-0.15, -0.1) is 6.58 Å². The Balaban J connectivity index is 1.57. The second-order valence-corrected chi connectivity index (χ2v) is 10.4. The van der Waals surface area contributed by atoms with Gasteiger partial charge in [-0.2, -0.15) is 13.2 Å². The topological polar surface area (TPSA) is 54.0 Å². The number of nitrogens with zero attached hydrogens (tertiary/aromatic N) is 2. The van der Waals surface area contributed by atoms with Gasteiger partial charge in [-0.3, -0.25) is 0 Å². The summed E-state index contributed by atoms with van der Waals surface area (Å²) in [5.41, 5.74) is 0.133. The Morgan fingerprint density at radius 3 is 2.61 bits per heavy atom. The second-order valence-electron chi connectivity index (χ2n) is 9.96. The van der Waals surface area contributed by atoms with Crippen molar-refractivity contribution in [2.75, 3.05) is 39.7 Å². The molecule has 6 nitrogen and oxygen atoms in total. The fraction of sp³-hybridized carbons (Fsp3) is 0.464. The quantitative estimate of drug-likeness (QED) is 0.394. The number of carbonyl (C=O) groups excluding carboxylic acids is 1. The Kier molecular flexibility index (Phi) is 8.18. The monoisotopic (exact) mass is 551 g/mol. The first-order valence-electron chi connectivity index (χ1n) is 12.5. The zero-order valence-corrected chi connectivity index (χ0v) is 22.5. The number of rotatable bonds is 7. The standard InChI is InChI=1S/C28H33ClF3N3O3/c1-5-13-35(26(36)33-19-7-8-22(29)21(16-19)28(30,31)32)20-10-11-27(12-14-34(2)25(27)17-20)18-6-9-23(37-3)24(15-18)38-4/h5-9,15-16,20,25H,1,10-14,17H2,2-4H3,(H,33,36)/t20-,25+,27-/m0/s1. The van der Waals surface area contributed by atoms with E-state index in [9.17, 15) is 18.0 Å². The number of urea groups is 1. The lowest BCUT2D eigenvalue weighted by atomic mass is 9.64. The van der Waals surface area contributed by atoms with E-state index in [1.54, 1.807) is 25.2 Å². The van der Waals surface area contributed by atoms with Gasteiger partial charge in [0.15, 0.2) is 11.5 Å². The van der Waals surface area contributed by atoms with Gasteiger partial charge in [0.25, 0.3) is 0 Å². The molecule has 10 heteroatoms. The third-order valence-electron chi connectivity index (χ3n) is 8.01. The van der Waals surface area contributed by atoms with Crippen LogP contribution in [0.4, 0.5) is 23.7 Å². The van der Waals surface area contributed by atoms with Crippen LogP contribution >= 0.6 is 11.6 Å². The first-order chi connectivity index (χ1) is 18.0. The third kappa shape index (κ3) is 5.31. The molecule has 0 aromatic heterocycles. The van der Waals surface area contributed by atoms with E-state index in [-0.39, 0.29) is 29.7 Å². The molecular formula is C28H33ClF3N3O3. The van der Waals surface area contributed by atoms with Crippen LogP contribution in [0.5, 0.6) is 11.5 Å². The Bertz CT molecular complexity index is 1190. The molecule has 2 amide bonds. The fourth-order valence-electron chi connectivity index (χ4n) is 6.08. The van der Waals surface area contributed by atoms with Crippen LogP contribution in [-0.4, -0.2) is 62.3 Å². The second kappa shape index (κ2) is 11.1. The summed E-state index contributed by atoms with van der Waals surface area (Å²) in [7, 11) is 5.33. The van der Waals surface area contributed by atoms with Crippen molar-refractivity contribution in [2.45, 2.75) is 49.4 Å². The number of fused-ring (bicyclic) bond motifs is 1. The van der Waals surface area contributed by atoms with Crippen molar-refractivity contribution < 1.29 is 27.4 Å². The highest BCUT2D eigenvalue weighted by molar-refractivity contribution is 6.31. The van der Waals surface area contributed by atoms with E-state index in [0.29, 0.717) is 11.5 Å². The SMILES string of the molecule is C=CCN(C(=O)Nc1ccc(Cl)c(C(F)(F)F)c1)[C@H]1CC[C@@]2(c3ccc(OC)c(OC)c3)CCN(C)[C@@H]2C1. The van der Waals surface area contributed by atoms with Gasteiger partial charge in [0, 0.05) is 29.7 Å². The van der Waals surface area contributed by atoms with Crippen molar-refractivity contribution in [2.24, 2.45) is 0 Å². The number of likely N-dealkylation sites (tertiary alicyclic amines) is 1. The Labute approximate surface area is 226 Å². The third-order valence-corrected chi connectivity index (χ3v) is 8.34. The molecule has 1 saturated carbocycles. The molecular weight excluding hydrogens is 519 g/mol. The van der Waals surface area contributed by atoms with Crippen LogP contribution in [0.25, 0.3) is 0 Å². The summed E-state index contributed by atoms with van der Waals surface area (Å²) < 4.78 is 51.0. The van der Waals surface area contributed by atoms with Crippen molar-refractivity contribution >= 4 is 23.3 Å². The van der Waals surface area contributed by atoms with E-state index in [0.717, 1.165) is 44.4 Å². The number of carbonyl (C=O) groups is 1. The number of ether oxygens (including phenoxy) is 2. The van der Waals surface area contributed by atoms with E-state index < -0.39 is 22.8 Å². The zero-order chi connectivity index (χ0) is 27.7. The molecule has 2 fully saturated rings. The minimum absolute atomic E-state index is 0.0363. The largest absolute Gasteiger partial charge is 0.493 e. The van der Waals surface area contributed by atoms with Gasteiger partial charge < -0.3 is 24.6 Å². The minimum Gasteiger partial charge on any atom is -0.493 e. The summed E-state index contributed by atoms with van der Waals surface area (Å²) >= 11 is 5.74. The highest BCUT2D eigenvalue weighted by atomic mass is 35.5. The Hall–Kier alpha value is -2.91. The Morgan fingerprint density at radius 1 is 1.21 bits per heavy atom. The lowest BCUT2D eigenvalue weighted by Gasteiger charge is -2.47. The lowest BCUT2D eigenvalue weighted by Crippen LogP contribution is -2.53. The Morgan fingerprint density at radius 2 is 1.95 bits per heavy atom. The van der Waals surface area contributed by atoms with Gasteiger partial charge in [0.1, 0.15) is 0 Å². The van der Waals surface area contributed by atoms with Crippen LogP contribution < -0.4 is 14.8 Å². The average molecular weight is 552 g/mol. The molecule has 1 aliphatic heterocycles. The highest BCUT2D eigenvalue weighted by Crippen LogP contribution is 2.50. The van der Waals surface area contributed by atoms with Crippen LogP contribution in [0.3, 0.4) is 0 Å². The van der Waals surface area contributed by atoms with Crippen molar-refractivity contribution in [3.63, 3.8) is 0 Å². The van der Waals surface area contributed by atoms with Gasteiger partial charge in [-0.25, -0.2) is 4.79 Å². The molecule has 2 aliphatic rings. The minimum atomic E-state index is -4.62. The molecule has 38 heavy (non-hydrogen) atoms. The summed E-state index contributed by atoms with van der Waals surface area (Å²) in [5, 5.41) is 2.22. The maximum atomic E-state index is 13.3. The lowest BCUT2D eigenvalue weighted by molar-refractivity contribution is -0.137. The van der Waals surface area contributed by atoms with Crippen LogP contribution in [0, 0.1) is 0 Å². The number of nitrogens with one attached hydrogen (secondary N) is 1. The first kappa shape index (κ1) is 28.1. The number of alkyl halides is 3. The maximum Gasteiger partial charge on any atom is 0.417 e. The molecule has 1 heterocycles. The van der Waals surface area contributed by atoms with Crippen molar-refractivity contribution in [1.29, 1.82) is 0 Å². The molecule has 3 atom stereocenters. The maximum absolute atomic E-state index is 13.3. The highest BCUT2D eigenvalue weighted by Gasteiger charge is 2.51. The molecule has 0 unspecified atom stereocenters. The smallest absolute Gasteiger partial charge is 0.417 e. The van der Waals surface area contributed by atoms with E-state index in [2.05, 4.69) is 36.0 Å². The molecule has 206 valence electrons. The van der Waals surface area contributed by atoms with Gasteiger partial charge in [-0.1, -0.05) is 23.7 Å². The number of benzene rings is 2. The van der Waals surface area contributed by atoms with Gasteiger partial charge in [-0.05, 0) is 75.2 Å². The number of anilines is 1. The number of amides is 2. The fourth-order valence-corrected chi connectivity index (χ4v) is 6.30. The number of hydrogen-bond donors (Lipinski definition) is 1. The number of methoxy groups -OCH3 is 2. The molecule has 2 aromatic carbocycles. The van der Waals surface area contributed by atoms with Gasteiger partial charge in [0.05, 0.1) is 24.8 Å². The summed E-state index contributed by atoms with van der Waals surface area (Å²) in [6, 6.07) is 9.05. The molecule has 4 rings (SSSR count). The van der Waals surface area contributed by atoms with Crippen molar-refractivity contribution in [3.8, 4) is 11.5 Å². The van der Waals surface area contributed by atoms with Crippen molar-refractivity contribution in [1.82, 2.24) is 9.80 Å². The van der Waals surface area contributed by atoms with E-state index >= 15 is 0 Å². The van der Waals surface area contributed by atoms with E-state index in [4.69, 9.17) is 21.1 Å². The molecule has 2 aromatic rings. The summed E-state index contributed by atoms with van der Waals surface area (Å²) in [6.45, 7) is 4.99. The molecule has 0 spiro atoms. The van der Waals surface area contributed by atoms with Crippen molar-refractivity contribution in [3.05, 3.63) is 65.2 Å². The van der Waals surface area contributed by atoms with Crippen LogP contribution in [0.1, 0.15) is 36.8 Å². The van der Waals surface area contributed by atoms with Crippen LogP contribution in [0.15, 0.2) is 49.1 Å². The van der Waals surface area contributed by atoms with Gasteiger partial charge in [0.2, 0.25) is 0 Å². The van der Waals surface area contributed by atoms with E-state index in [1.165, 1.54) is 11.6 Å². The number of hydrogen-bond acceptors (Lipinski definition) is 4. The molecule has 1 N–H and O–H groups in total. The van der Waals surface area contributed by atoms with Crippen LogP contribution in [-0.2, 0) is 11.6 Å². The molecule has 0 bridgehead atoms. The summed E-state index contributed by atoms with van der Waals surface area (Å²) in [6.07, 6.45) is 0.311. The molecule has 1 aliphatic carbocycles.